The number of hydrogen-bond acceptors (Lipinski definition) is 8. The van der Waals surface area contributed by atoms with Gasteiger partial charge in [0, 0.05) is 25.3 Å². The second kappa shape index (κ2) is 18.1. The van der Waals surface area contributed by atoms with Gasteiger partial charge in [0.1, 0.15) is 17.9 Å². The number of halogens is 2. The Morgan fingerprint density at radius 1 is 1.02 bits per heavy atom. The summed E-state index contributed by atoms with van der Waals surface area (Å²) in [6, 6.07) is 12.9. The lowest BCUT2D eigenvalue weighted by molar-refractivity contribution is -0.176. The normalized spacial score (nSPS) is 23.6. The predicted molar refractivity (Wildman–Crippen MR) is 179 cm³/mol. The molecule has 1 aliphatic heterocycles. The van der Waals surface area contributed by atoms with Crippen LogP contribution < -0.4 is 15.4 Å². The Hall–Kier alpha value is -3.60. The molecule has 0 fully saturated rings. The fourth-order valence-electron chi connectivity index (χ4n) is 5.07. The van der Waals surface area contributed by atoms with Crippen molar-refractivity contribution in [1.29, 1.82) is 0 Å². The Balaban J connectivity index is 1.92. The number of aliphatic hydroxyl groups excluding tert-OH is 1. The van der Waals surface area contributed by atoms with E-state index in [1.165, 1.54) is 19.3 Å². The summed E-state index contributed by atoms with van der Waals surface area (Å²) in [4.78, 5) is 53.0. The predicted octanol–water partition coefficient (Wildman–Crippen LogP) is 4.93. The van der Waals surface area contributed by atoms with Gasteiger partial charge in [-0.05, 0) is 41.7 Å². The first-order valence-electron chi connectivity index (χ1n) is 15.7. The maximum atomic E-state index is 13.5. The third-order valence-corrected chi connectivity index (χ3v) is 8.85. The molecule has 3 rings (SSSR count). The van der Waals surface area contributed by atoms with Crippen molar-refractivity contribution < 1.29 is 38.5 Å². The second-order valence-electron chi connectivity index (χ2n) is 12.2. The molecule has 0 spiro atoms. The fourth-order valence-corrected chi connectivity index (χ4v) is 5.66. The summed E-state index contributed by atoms with van der Waals surface area (Å²) in [5.74, 6) is -3.51. The molecular formula is C35H44Cl2N2O8. The van der Waals surface area contributed by atoms with Gasteiger partial charge in [0.25, 0.3) is 0 Å². The highest BCUT2D eigenvalue weighted by Gasteiger charge is 2.36. The fraction of sp³-hybridized carbons (Fsp3) is 0.486. The Kier molecular flexibility index (Phi) is 14.6. The van der Waals surface area contributed by atoms with E-state index in [2.05, 4.69) is 10.6 Å². The Labute approximate surface area is 286 Å². The Morgan fingerprint density at radius 3 is 2.36 bits per heavy atom. The molecule has 12 heteroatoms. The average molecular weight is 692 g/mol. The zero-order valence-corrected chi connectivity index (χ0v) is 28.8. The van der Waals surface area contributed by atoms with E-state index in [0.717, 1.165) is 0 Å². The lowest BCUT2D eigenvalue weighted by Crippen LogP contribution is -2.49. The number of nitrogens with one attached hydrogen (secondary N) is 2. The van der Waals surface area contributed by atoms with Gasteiger partial charge in [0.05, 0.1) is 29.5 Å². The van der Waals surface area contributed by atoms with E-state index in [0.29, 0.717) is 21.9 Å². The first-order valence-corrected chi connectivity index (χ1v) is 16.5. The van der Waals surface area contributed by atoms with Crippen LogP contribution in [0.15, 0.2) is 60.7 Å². The molecule has 0 aromatic heterocycles. The highest BCUT2D eigenvalue weighted by atomic mass is 35.5. The van der Waals surface area contributed by atoms with Gasteiger partial charge in [-0.15, -0.1) is 11.6 Å². The van der Waals surface area contributed by atoms with E-state index >= 15 is 0 Å². The lowest BCUT2D eigenvalue weighted by Gasteiger charge is -2.31. The summed E-state index contributed by atoms with van der Waals surface area (Å²) in [5.41, 5.74) is 1.27. The number of alkyl halides is 1. The molecule has 2 aromatic rings. The number of rotatable bonds is 9. The van der Waals surface area contributed by atoms with Crippen molar-refractivity contribution in [2.24, 2.45) is 17.8 Å². The van der Waals surface area contributed by atoms with Crippen LogP contribution in [0.4, 0.5) is 0 Å². The number of ether oxygens (including phenoxy) is 3. The van der Waals surface area contributed by atoms with Crippen molar-refractivity contribution in [1.82, 2.24) is 10.6 Å². The van der Waals surface area contributed by atoms with E-state index in [4.69, 9.17) is 37.4 Å². The van der Waals surface area contributed by atoms with Crippen LogP contribution in [0.25, 0.3) is 0 Å². The number of carbonyl (C=O) groups is 4. The minimum atomic E-state index is -1.21. The van der Waals surface area contributed by atoms with Gasteiger partial charge in [0.15, 0.2) is 6.10 Å². The highest BCUT2D eigenvalue weighted by molar-refractivity contribution is 6.32. The van der Waals surface area contributed by atoms with Crippen LogP contribution >= 0.6 is 23.2 Å². The van der Waals surface area contributed by atoms with E-state index in [1.807, 2.05) is 19.9 Å². The maximum Gasteiger partial charge on any atom is 0.347 e. The quantitative estimate of drug-likeness (QED) is 0.249. The summed E-state index contributed by atoms with van der Waals surface area (Å²) in [5, 5.41) is 15.9. The molecule has 256 valence electrons. The number of hydrogen-bond donors (Lipinski definition) is 3. The lowest BCUT2D eigenvalue weighted by atomic mass is 9.91. The van der Waals surface area contributed by atoms with Crippen molar-refractivity contribution in [3.8, 4) is 5.75 Å². The summed E-state index contributed by atoms with van der Waals surface area (Å²) < 4.78 is 16.8. The third kappa shape index (κ3) is 11.3. The average Bonchev–Trinajstić information content (AvgIpc) is 3.04. The maximum absolute atomic E-state index is 13.5. The van der Waals surface area contributed by atoms with E-state index in [9.17, 15) is 24.3 Å². The van der Waals surface area contributed by atoms with Crippen LogP contribution in [-0.2, 0) is 35.1 Å². The van der Waals surface area contributed by atoms with E-state index < -0.39 is 65.3 Å². The molecule has 0 aliphatic carbocycles. The van der Waals surface area contributed by atoms with Gasteiger partial charge in [-0.2, -0.15) is 0 Å². The monoisotopic (exact) mass is 690 g/mol. The first-order chi connectivity index (χ1) is 22.3. The zero-order valence-electron chi connectivity index (χ0n) is 27.3. The summed E-state index contributed by atoms with van der Waals surface area (Å²) in [7, 11) is 1.49. The zero-order chi connectivity index (χ0) is 34.7. The number of cyclic esters (lactones) is 2. The largest absolute Gasteiger partial charge is 0.495 e. The number of amides is 2. The number of esters is 2. The van der Waals surface area contributed by atoms with Crippen LogP contribution in [0, 0.1) is 17.8 Å². The van der Waals surface area contributed by atoms with Crippen molar-refractivity contribution in [2.75, 3.05) is 13.7 Å². The molecule has 2 amide bonds. The van der Waals surface area contributed by atoms with E-state index in [-0.39, 0.29) is 31.7 Å². The van der Waals surface area contributed by atoms with Crippen LogP contribution in [-0.4, -0.2) is 66.1 Å². The van der Waals surface area contributed by atoms with Crippen LogP contribution in [0.5, 0.6) is 5.75 Å². The van der Waals surface area contributed by atoms with Gasteiger partial charge in [-0.1, -0.05) is 81.8 Å². The van der Waals surface area contributed by atoms with Gasteiger partial charge in [-0.3, -0.25) is 14.4 Å². The molecular weight excluding hydrogens is 647 g/mol. The number of carbonyl (C=O) groups excluding carboxylic acids is 4. The minimum absolute atomic E-state index is 0.0201. The topological polar surface area (TPSA) is 140 Å². The Bertz CT molecular complexity index is 1400. The van der Waals surface area contributed by atoms with Crippen molar-refractivity contribution in [3.05, 3.63) is 76.8 Å². The first kappa shape index (κ1) is 37.9. The molecule has 0 unspecified atom stereocenters. The molecule has 0 bridgehead atoms. The van der Waals surface area contributed by atoms with Gasteiger partial charge >= 0.3 is 11.9 Å². The number of benzene rings is 2. The summed E-state index contributed by atoms with van der Waals surface area (Å²) >= 11 is 13.0. The Morgan fingerprint density at radius 2 is 1.72 bits per heavy atom. The summed E-state index contributed by atoms with van der Waals surface area (Å²) in [6.07, 6.45) is -0.0588. The number of methoxy groups -OCH3 is 1. The standard InChI is InChI=1S/C35H44Cl2N2O8/c1-20(2)16-29-35(44)46-27(22(4)31(37)32(41)24-10-7-6-8-11-24)12-9-13-30(40)39-26(33(42)38-19-21(3)34(43)47-29)18-23-14-15-28(45-5)25(36)17-23/h6-11,13-15,17,20-22,26-27,29,31-32,41H,12,16,18-19H2,1-5H3,(H,38,42)(H,39,40)/t21-,22+,26-,27+,29+,31-,32+/m1/s1. The highest BCUT2D eigenvalue weighted by Crippen LogP contribution is 2.31. The van der Waals surface area contributed by atoms with Crippen molar-refractivity contribution in [2.45, 2.75) is 76.7 Å². The van der Waals surface area contributed by atoms with Crippen molar-refractivity contribution in [3.63, 3.8) is 0 Å². The van der Waals surface area contributed by atoms with Crippen LogP contribution in [0.3, 0.4) is 0 Å². The molecule has 0 saturated carbocycles. The molecule has 0 radical (unpaired) electrons. The van der Waals surface area contributed by atoms with Crippen LogP contribution in [0.2, 0.25) is 5.02 Å². The SMILES string of the molecule is COc1ccc(C[C@H]2NC(=O)C=CC[C@@H]([C@H](C)[C@@H](Cl)[C@@H](O)c3ccccc3)OC(=O)[C@H](CC(C)C)OC(=O)[C@H](C)CNC2=O)cc1Cl. The molecule has 47 heavy (non-hydrogen) atoms. The van der Waals surface area contributed by atoms with Crippen LogP contribution in [0.1, 0.15) is 57.8 Å². The molecule has 3 N–H and O–H groups in total. The van der Waals surface area contributed by atoms with Gasteiger partial charge in [0.2, 0.25) is 11.8 Å². The second-order valence-corrected chi connectivity index (χ2v) is 13.1. The molecule has 2 aromatic carbocycles. The molecule has 1 aliphatic rings. The summed E-state index contributed by atoms with van der Waals surface area (Å²) in [6.45, 7) is 6.97. The van der Waals surface area contributed by atoms with Gasteiger partial charge in [-0.25, -0.2) is 4.79 Å². The van der Waals surface area contributed by atoms with Crippen molar-refractivity contribution >= 4 is 47.0 Å². The minimum Gasteiger partial charge on any atom is -0.495 e. The molecule has 1 heterocycles. The molecule has 10 nitrogen and oxygen atoms in total. The van der Waals surface area contributed by atoms with E-state index in [1.54, 1.807) is 56.3 Å². The molecule has 0 saturated heterocycles. The third-order valence-electron chi connectivity index (χ3n) is 7.92. The number of aliphatic hydroxyl groups is 1. The molecule has 7 atom stereocenters. The smallest absolute Gasteiger partial charge is 0.347 e. The van der Waals surface area contributed by atoms with Gasteiger partial charge < -0.3 is 30.0 Å².